The van der Waals surface area contributed by atoms with E-state index in [0.717, 1.165) is 4.47 Å². The van der Waals surface area contributed by atoms with E-state index in [9.17, 15) is 13.2 Å². The van der Waals surface area contributed by atoms with E-state index in [2.05, 4.69) is 21.2 Å². The zero-order chi connectivity index (χ0) is 14.8. The molecule has 1 aliphatic rings. The van der Waals surface area contributed by atoms with Crippen molar-refractivity contribution in [2.24, 2.45) is 0 Å². The fourth-order valence-corrected chi connectivity index (χ4v) is 4.02. The van der Waals surface area contributed by atoms with Crippen molar-refractivity contribution in [3.8, 4) is 0 Å². The van der Waals surface area contributed by atoms with Crippen LogP contribution in [0.15, 0.2) is 33.6 Å². The summed E-state index contributed by atoms with van der Waals surface area (Å²) in [5.41, 5.74) is 0. The zero-order valence-electron chi connectivity index (χ0n) is 11.2. The Morgan fingerprint density at radius 2 is 1.80 bits per heavy atom. The van der Waals surface area contributed by atoms with E-state index in [0.29, 0.717) is 30.8 Å². The molecule has 1 fully saturated rings. The van der Waals surface area contributed by atoms with Crippen LogP contribution in [0.4, 0.5) is 0 Å². The van der Waals surface area contributed by atoms with Gasteiger partial charge in [-0.1, -0.05) is 15.9 Å². The normalized spacial score (nSPS) is 17.9. The van der Waals surface area contributed by atoms with Crippen LogP contribution in [0.25, 0.3) is 0 Å². The highest BCUT2D eigenvalue weighted by Crippen LogP contribution is 2.22. The summed E-state index contributed by atoms with van der Waals surface area (Å²) in [6.07, 6.45) is 1.30. The maximum Gasteiger partial charge on any atom is 0.243 e. The molecule has 2 rings (SSSR count). The molecule has 20 heavy (non-hydrogen) atoms. The van der Waals surface area contributed by atoms with Crippen LogP contribution in [0.1, 0.15) is 19.8 Å². The second kappa shape index (κ2) is 6.24. The van der Waals surface area contributed by atoms with Gasteiger partial charge in [0, 0.05) is 30.5 Å². The lowest BCUT2D eigenvalue weighted by atomic mass is 10.1. The highest BCUT2D eigenvalue weighted by molar-refractivity contribution is 9.10. The predicted molar refractivity (Wildman–Crippen MR) is 79.7 cm³/mol. The third-order valence-electron chi connectivity index (χ3n) is 3.31. The van der Waals surface area contributed by atoms with Gasteiger partial charge in [0.25, 0.3) is 0 Å². The van der Waals surface area contributed by atoms with E-state index in [4.69, 9.17) is 0 Å². The number of nitrogens with one attached hydrogen (secondary N) is 1. The number of nitrogens with zero attached hydrogens (tertiary/aromatic N) is 1. The Bertz CT molecular complexity index is 578. The van der Waals surface area contributed by atoms with E-state index in [1.807, 2.05) is 0 Å². The maximum atomic E-state index is 12.5. The van der Waals surface area contributed by atoms with Crippen LogP contribution in [0.5, 0.6) is 0 Å². The lowest BCUT2D eigenvalue weighted by molar-refractivity contribution is -0.119. The van der Waals surface area contributed by atoms with Crippen molar-refractivity contribution in [2.45, 2.75) is 30.7 Å². The molecule has 0 unspecified atom stereocenters. The minimum Gasteiger partial charge on any atom is -0.354 e. The zero-order valence-corrected chi connectivity index (χ0v) is 13.6. The smallest absolute Gasteiger partial charge is 0.243 e. The van der Waals surface area contributed by atoms with Crippen LogP contribution in [0.2, 0.25) is 0 Å². The molecule has 0 spiro atoms. The molecule has 1 amide bonds. The Morgan fingerprint density at radius 3 is 2.30 bits per heavy atom. The van der Waals surface area contributed by atoms with Gasteiger partial charge in [-0.05, 0) is 37.1 Å². The first-order chi connectivity index (χ1) is 9.39. The first kappa shape index (κ1) is 15.5. The topological polar surface area (TPSA) is 66.5 Å². The molecule has 0 aliphatic carbocycles. The number of carbonyl (C=O) groups is 1. The molecule has 0 bridgehead atoms. The number of carbonyl (C=O) groups excluding carboxylic acids is 1. The van der Waals surface area contributed by atoms with Gasteiger partial charge >= 0.3 is 0 Å². The van der Waals surface area contributed by atoms with Crippen molar-refractivity contribution < 1.29 is 13.2 Å². The Labute approximate surface area is 127 Å². The van der Waals surface area contributed by atoms with Gasteiger partial charge < -0.3 is 5.32 Å². The highest BCUT2D eigenvalue weighted by Gasteiger charge is 2.29. The van der Waals surface area contributed by atoms with Crippen LogP contribution in [-0.4, -0.2) is 37.8 Å². The highest BCUT2D eigenvalue weighted by atomic mass is 79.9. The first-order valence-corrected chi connectivity index (χ1v) is 8.66. The second-order valence-electron chi connectivity index (χ2n) is 4.83. The van der Waals surface area contributed by atoms with Gasteiger partial charge in [0.15, 0.2) is 0 Å². The Kier molecular flexibility index (Phi) is 4.82. The van der Waals surface area contributed by atoms with E-state index < -0.39 is 10.0 Å². The van der Waals surface area contributed by atoms with Crippen LogP contribution in [0.3, 0.4) is 0 Å². The van der Waals surface area contributed by atoms with Crippen molar-refractivity contribution in [3.05, 3.63) is 28.7 Å². The average molecular weight is 361 g/mol. The van der Waals surface area contributed by atoms with Crippen molar-refractivity contribution >= 4 is 31.9 Å². The van der Waals surface area contributed by atoms with Gasteiger partial charge in [-0.25, -0.2) is 8.42 Å². The minimum atomic E-state index is -3.43. The molecule has 0 saturated carbocycles. The summed E-state index contributed by atoms with van der Waals surface area (Å²) >= 11 is 3.29. The van der Waals surface area contributed by atoms with Gasteiger partial charge in [0.05, 0.1) is 4.90 Å². The molecule has 1 N–H and O–H groups in total. The van der Waals surface area contributed by atoms with Crippen LogP contribution >= 0.6 is 15.9 Å². The summed E-state index contributed by atoms with van der Waals surface area (Å²) in [6.45, 7) is 2.34. The van der Waals surface area contributed by atoms with E-state index in [1.165, 1.54) is 11.2 Å². The molecule has 0 aromatic heterocycles. The van der Waals surface area contributed by atoms with Crippen molar-refractivity contribution in [3.63, 3.8) is 0 Å². The molecule has 7 heteroatoms. The summed E-state index contributed by atoms with van der Waals surface area (Å²) < 4.78 is 27.2. The largest absolute Gasteiger partial charge is 0.354 e. The average Bonchev–Trinajstić information content (AvgIpc) is 2.39. The van der Waals surface area contributed by atoms with Crippen LogP contribution in [0, 0.1) is 0 Å². The van der Waals surface area contributed by atoms with Crippen LogP contribution in [-0.2, 0) is 14.8 Å². The lowest BCUT2D eigenvalue weighted by Crippen LogP contribution is -2.45. The van der Waals surface area contributed by atoms with Gasteiger partial charge in [0.2, 0.25) is 15.9 Å². The van der Waals surface area contributed by atoms with E-state index in [-0.39, 0.29) is 11.9 Å². The van der Waals surface area contributed by atoms with Crippen molar-refractivity contribution in [1.82, 2.24) is 9.62 Å². The molecular weight excluding hydrogens is 344 g/mol. The van der Waals surface area contributed by atoms with Crippen LogP contribution < -0.4 is 5.32 Å². The molecule has 0 atom stereocenters. The van der Waals surface area contributed by atoms with Crippen molar-refractivity contribution in [1.29, 1.82) is 0 Å². The number of piperidine rings is 1. The number of hydrogen-bond donors (Lipinski definition) is 1. The SMILES string of the molecule is CC(=O)NC1CCN(S(=O)(=O)c2ccc(Br)cc2)CC1. The van der Waals surface area contributed by atoms with E-state index >= 15 is 0 Å². The summed E-state index contributed by atoms with van der Waals surface area (Å²) in [4.78, 5) is 11.3. The van der Waals surface area contributed by atoms with Gasteiger partial charge in [-0.2, -0.15) is 4.31 Å². The molecule has 1 aromatic carbocycles. The molecule has 5 nitrogen and oxygen atoms in total. The molecule has 1 saturated heterocycles. The van der Waals surface area contributed by atoms with Gasteiger partial charge in [-0.3, -0.25) is 4.79 Å². The summed E-state index contributed by atoms with van der Waals surface area (Å²) in [5.74, 6) is -0.0702. The fraction of sp³-hybridized carbons (Fsp3) is 0.462. The van der Waals surface area contributed by atoms with E-state index in [1.54, 1.807) is 24.3 Å². The summed E-state index contributed by atoms with van der Waals surface area (Å²) in [5, 5.41) is 2.83. The quantitative estimate of drug-likeness (QED) is 0.892. The number of amides is 1. The third-order valence-corrected chi connectivity index (χ3v) is 5.75. The maximum absolute atomic E-state index is 12.5. The minimum absolute atomic E-state index is 0.0702. The number of benzene rings is 1. The summed E-state index contributed by atoms with van der Waals surface area (Å²) in [7, 11) is -3.43. The first-order valence-electron chi connectivity index (χ1n) is 6.42. The van der Waals surface area contributed by atoms with Gasteiger partial charge in [0.1, 0.15) is 0 Å². The molecule has 0 radical (unpaired) electrons. The Morgan fingerprint density at radius 1 is 1.25 bits per heavy atom. The Hall–Kier alpha value is -0.920. The monoisotopic (exact) mass is 360 g/mol. The third kappa shape index (κ3) is 3.59. The Balaban J connectivity index is 2.05. The standard InChI is InChI=1S/C13H17BrN2O3S/c1-10(17)15-12-6-8-16(9-7-12)20(18,19)13-4-2-11(14)3-5-13/h2-5,12H,6-9H2,1H3,(H,15,17). The second-order valence-corrected chi connectivity index (χ2v) is 7.69. The number of sulfonamides is 1. The molecule has 1 heterocycles. The molecular formula is C13H17BrN2O3S. The fourth-order valence-electron chi connectivity index (χ4n) is 2.28. The number of hydrogen-bond acceptors (Lipinski definition) is 3. The van der Waals surface area contributed by atoms with Crippen molar-refractivity contribution in [2.75, 3.05) is 13.1 Å². The summed E-state index contributed by atoms with van der Waals surface area (Å²) in [6, 6.07) is 6.70. The number of rotatable bonds is 3. The predicted octanol–water partition coefficient (Wildman–Crippen LogP) is 1.74. The number of halogens is 1. The molecule has 1 aromatic rings. The van der Waals surface area contributed by atoms with Gasteiger partial charge in [-0.15, -0.1) is 0 Å². The molecule has 1 aliphatic heterocycles. The lowest BCUT2D eigenvalue weighted by Gasteiger charge is -2.31. The molecule has 110 valence electrons.